The molecule has 1 unspecified atom stereocenters. The molecular weight excluding hydrogens is 439 g/mol. The van der Waals surface area contributed by atoms with Crippen LogP contribution in [-0.4, -0.2) is 11.1 Å². The van der Waals surface area contributed by atoms with Gasteiger partial charge in [-0.15, -0.1) is 0 Å². The van der Waals surface area contributed by atoms with Crippen LogP contribution in [0.15, 0.2) is 60.7 Å². The number of carbonyl (C=O) groups is 1. The van der Waals surface area contributed by atoms with Gasteiger partial charge in [0.25, 0.3) is 0 Å². The zero-order valence-corrected chi connectivity index (χ0v) is 18.1. The standard InChI is InChI=1S/C26H23F5O2/c1-15(2)10-22(25(32)33)21-13-18(16-6-4-3-5-7-16)12-19(24(21)26(29,30)31)11-17-8-9-20(27)14-23(17)28/h3-9,12-15,22H,10-11H2,1-2H3,(H,32,33). The summed E-state index contributed by atoms with van der Waals surface area (Å²) in [5, 5.41) is 9.81. The largest absolute Gasteiger partial charge is 0.481 e. The quantitative estimate of drug-likeness (QED) is 0.370. The van der Waals surface area contributed by atoms with Gasteiger partial charge in [0.1, 0.15) is 11.6 Å². The van der Waals surface area contributed by atoms with Crippen molar-refractivity contribution in [2.45, 2.75) is 38.8 Å². The van der Waals surface area contributed by atoms with E-state index in [-0.39, 0.29) is 29.0 Å². The molecule has 7 heteroatoms. The molecule has 0 heterocycles. The van der Waals surface area contributed by atoms with Crippen molar-refractivity contribution in [2.24, 2.45) is 5.92 Å². The fourth-order valence-corrected chi connectivity index (χ4v) is 3.99. The highest BCUT2D eigenvalue weighted by atomic mass is 19.4. The van der Waals surface area contributed by atoms with Crippen LogP contribution in [0.5, 0.6) is 0 Å². The van der Waals surface area contributed by atoms with Gasteiger partial charge in [0, 0.05) is 12.5 Å². The van der Waals surface area contributed by atoms with Gasteiger partial charge in [-0.2, -0.15) is 13.2 Å². The lowest BCUT2D eigenvalue weighted by Crippen LogP contribution is -2.21. The van der Waals surface area contributed by atoms with E-state index in [2.05, 4.69) is 0 Å². The van der Waals surface area contributed by atoms with Crippen molar-refractivity contribution in [3.05, 3.63) is 94.6 Å². The average Bonchev–Trinajstić information content (AvgIpc) is 2.73. The maximum Gasteiger partial charge on any atom is 0.416 e. The highest BCUT2D eigenvalue weighted by Gasteiger charge is 2.40. The van der Waals surface area contributed by atoms with E-state index in [1.54, 1.807) is 44.2 Å². The monoisotopic (exact) mass is 462 g/mol. The minimum Gasteiger partial charge on any atom is -0.481 e. The minimum atomic E-state index is -4.87. The van der Waals surface area contributed by atoms with Crippen LogP contribution in [0.25, 0.3) is 11.1 Å². The molecule has 0 aliphatic rings. The number of hydrogen-bond acceptors (Lipinski definition) is 1. The maximum atomic E-state index is 14.3. The molecule has 2 nitrogen and oxygen atoms in total. The molecule has 0 saturated carbocycles. The number of rotatable bonds is 7. The Morgan fingerprint density at radius 2 is 1.58 bits per heavy atom. The van der Waals surface area contributed by atoms with Gasteiger partial charge >= 0.3 is 12.1 Å². The summed E-state index contributed by atoms with van der Waals surface area (Å²) in [7, 11) is 0. The molecule has 0 aliphatic heterocycles. The van der Waals surface area contributed by atoms with Crippen molar-refractivity contribution in [2.75, 3.05) is 0 Å². The Hall–Kier alpha value is -3.22. The van der Waals surface area contributed by atoms with Crippen LogP contribution < -0.4 is 0 Å². The van der Waals surface area contributed by atoms with Crippen molar-refractivity contribution in [3.63, 3.8) is 0 Å². The predicted molar refractivity (Wildman–Crippen MR) is 116 cm³/mol. The fraction of sp³-hybridized carbons (Fsp3) is 0.269. The molecule has 0 spiro atoms. The number of benzene rings is 3. The van der Waals surface area contributed by atoms with Gasteiger partial charge in [-0.25, -0.2) is 8.78 Å². The van der Waals surface area contributed by atoms with Gasteiger partial charge in [-0.05, 0) is 52.3 Å². The van der Waals surface area contributed by atoms with Crippen molar-refractivity contribution in [1.29, 1.82) is 0 Å². The molecule has 174 valence electrons. The molecule has 3 rings (SSSR count). The van der Waals surface area contributed by atoms with Crippen LogP contribution in [-0.2, 0) is 17.4 Å². The van der Waals surface area contributed by atoms with Crippen LogP contribution in [0.2, 0.25) is 0 Å². The molecular formula is C26H23F5O2. The van der Waals surface area contributed by atoms with Crippen LogP contribution in [0.1, 0.15) is 48.4 Å². The van der Waals surface area contributed by atoms with E-state index in [9.17, 15) is 31.9 Å². The highest BCUT2D eigenvalue weighted by Crippen LogP contribution is 2.42. The summed E-state index contributed by atoms with van der Waals surface area (Å²) in [4.78, 5) is 12.1. The van der Waals surface area contributed by atoms with Crippen LogP contribution in [0.4, 0.5) is 22.0 Å². The Labute approximate surface area is 188 Å². The van der Waals surface area contributed by atoms with Gasteiger partial charge in [-0.1, -0.05) is 56.3 Å². The van der Waals surface area contributed by atoms with E-state index in [0.29, 0.717) is 17.2 Å². The second-order valence-electron chi connectivity index (χ2n) is 8.40. The third kappa shape index (κ3) is 5.78. The summed E-state index contributed by atoms with van der Waals surface area (Å²) < 4.78 is 70.6. The van der Waals surface area contributed by atoms with Crippen molar-refractivity contribution < 1.29 is 31.9 Å². The third-order valence-electron chi connectivity index (χ3n) is 5.42. The second kappa shape index (κ2) is 9.73. The number of hydrogen-bond donors (Lipinski definition) is 1. The molecule has 0 radical (unpaired) electrons. The number of carboxylic acid groups (broad SMARTS) is 1. The van der Waals surface area contributed by atoms with Crippen molar-refractivity contribution >= 4 is 5.97 Å². The lowest BCUT2D eigenvalue weighted by Gasteiger charge is -2.24. The molecule has 1 atom stereocenters. The first kappa shape index (κ1) is 24.4. The number of alkyl halides is 3. The van der Waals surface area contributed by atoms with Gasteiger partial charge in [0.2, 0.25) is 0 Å². The Kier molecular flexibility index (Phi) is 7.20. The van der Waals surface area contributed by atoms with E-state index in [1.807, 2.05) is 0 Å². The first-order valence-corrected chi connectivity index (χ1v) is 10.4. The topological polar surface area (TPSA) is 37.3 Å². The van der Waals surface area contributed by atoms with Crippen molar-refractivity contribution in [3.8, 4) is 11.1 Å². The first-order valence-electron chi connectivity index (χ1n) is 10.4. The normalized spacial score (nSPS) is 12.7. The van der Waals surface area contributed by atoms with E-state index < -0.39 is 41.7 Å². The number of halogens is 5. The molecule has 0 fully saturated rings. The molecule has 33 heavy (non-hydrogen) atoms. The third-order valence-corrected chi connectivity index (χ3v) is 5.42. The van der Waals surface area contributed by atoms with Crippen LogP contribution in [0.3, 0.4) is 0 Å². The zero-order valence-electron chi connectivity index (χ0n) is 18.1. The van der Waals surface area contributed by atoms with Gasteiger partial charge in [0.05, 0.1) is 11.5 Å². The summed E-state index contributed by atoms with van der Waals surface area (Å²) in [5.41, 5.74) is -0.831. The van der Waals surface area contributed by atoms with Crippen LogP contribution >= 0.6 is 0 Å². The Balaban J connectivity index is 2.32. The molecule has 0 amide bonds. The fourth-order valence-electron chi connectivity index (χ4n) is 3.99. The van der Waals surface area contributed by atoms with E-state index in [4.69, 9.17) is 0 Å². The minimum absolute atomic E-state index is 0.000998. The molecule has 3 aromatic carbocycles. The molecule has 0 saturated heterocycles. The van der Waals surface area contributed by atoms with E-state index in [1.165, 1.54) is 12.1 Å². The molecule has 1 N–H and O–H groups in total. The Morgan fingerprint density at radius 3 is 2.12 bits per heavy atom. The molecule has 0 aliphatic carbocycles. The summed E-state index contributed by atoms with van der Waals surface area (Å²) in [6.45, 7) is 3.47. The summed E-state index contributed by atoms with van der Waals surface area (Å²) in [5.74, 6) is -4.74. The first-order chi connectivity index (χ1) is 15.5. The van der Waals surface area contributed by atoms with E-state index in [0.717, 1.165) is 12.1 Å². The summed E-state index contributed by atoms with van der Waals surface area (Å²) in [6.07, 6.45) is -5.34. The lowest BCUT2D eigenvalue weighted by atomic mass is 9.82. The number of aliphatic carboxylic acids is 1. The van der Waals surface area contributed by atoms with Gasteiger partial charge in [-0.3, -0.25) is 4.79 Å². The smallest absolute Gasteiger partial charge is 0.416 e. The molecule has 0 aromatic heterocycles. The average molecular weight is 462 g/mol. The predicted octanol–water partition coefficient (Wildman–Crippen LogP) is 7.46. The molecule has 3 aromatic rings. The maximum absolute atomic E-state index is 14.3. The molecule has 0 bridgehead atoms. The van der Waals surface area contributed by atoms with Gasteiger partial charge in [0.15, 0.2) is 0 Å². The van der Waals surface area contributed by atoms with Crippen LogP contribution in [0, 0.1) is 17.6 Å². The van der Waals surface area contributed by atoms with Gasteiger partial charge < -0.3 is 5.11 Å². The summed E-state index contributed by atoms with van der Waals surface area (Å²) in [6, 6.07) is 13.9. The number of carboxylic acids is 1. The second-order valence-corrected chi connectivity index (χ2v) is 8.40. The van der Waals surface area contributed by atoms with E-state index >= 15 is 0 Å². The Morgan fingerprint density at radius 1 is 0.909 bits per heavy atom. The Bertz CT molecular complexity index is 1140. The lowest BCUT2D eigenvalue weighted by molar-refractivity contribution is -0.142. The highest BCUT2D eigenvalue weighted by molar-refractivity contribution is 5.79. The summed E-state index contributed by atoms with van der Waals surface area (Å²) >= 11 is 0. The van der Waals surface area contributed by atoms with Crippen molar-refractivity contribution in [1.82, 2.24) is 0 Å². The zero-order chi connectivity index (χ0) is 24.3. The SMILES string of the molecule is CC(C)CC(C(=O)O)c1cc(-c2ccccc2)cc(Cc2ccc(F)cc2F)c1C(F)(F)F.